The van der Waals surface area contributed by atoms with Gasteiger partial charge in [0.1, 0.15) is 28.5 Å². The van der Waals surface area contributed by atoms with Gasteiger partial charge in [0.2, 0.25) is 5.95 Å². The number of carbonyl (C=O) groups is 1. The molecule has 204 valence electrons. The summed E-state index contributed by atoms with van der Waals surface area (Å²) in [6.45, 7) is 12.2. The Morgan fingerprint density at radius 2 is 1.87 bits per heavy atom. The van der Waals surface area contributed by atoms with Crippen LogP contribution in [0.5, 0.6) is 0 Å². The number of pyridine rings is 1. The Labute approximate surface area is 225 Å². The molecule has 0 unspecified atom stereocenters. The van der Waals surface area contributed by atoms with Crippen molar-refractivity contribution in [2.45, 2.75) is 66.2 Å². The molecule has 3 aromatic heterocycles. The van der Waals surface area contributed by atoms with Gasteiger partial charge >= 0.3 is 6.09 Å². The fourth-order valence-electron chi connectivity index (χ4n) is 4.77. The molecule has 1 aromatic carbocycles. The molecule has 1 aliphatic heterocycles. The van der Waals surface area contributed by atoms with Crippen molar-refractivity contribution in [3.05, 3.63) is 59.2 Å². The van der Waals surface area contributed by atoms with Gasteiger partial charge in [-0.05, 0) is 65.3 Å². The van der Waals surface area contributed by atoms with Crippen molar-refractivity contribution in [3.63, 3.8) is 0 Å². The second-order valence-electron chi connectivity index (χ2n) is 10.9. The monoisotopic (exact) mass is 535 g/mol. The number of anilines is 2. The van der Waals surface area contributed by atoms with Crippen molar-refractivity contribution in [2.75, 3.05) is 11.9 Å². The van der Waals surface area contributed by atoms with E-state index in [0.717, 1.165) is 17.5 Å². The first-order valence-corrected chi connectivity index (χ1v) is 12.8. The Hall–Kier alpha value is -4.15. The maximum Gasteiger partial charge on any atom is 0.410 e. The Kier molecular flexibility index (Phi) is 6.69. The number of ether oxygens (including phenoxy) is 1. The van der Waals surface area contributed by atoms with Crippen LogP contribution in [0.25, 0.3) is 22.3 Å². The first-order valence-electron chi connectivity index (χ1n) is 12.8. The summed E-state index contributed by atoms with van der Waals surface area (Å²) < 4.78 is 37.2. The van der Waals surface area contributed by atoms with Gasteiger partial charge in [-0.25, -0.2) is 33.5 Å². The maximum atomic E-state index is 15.0. The van der Waals surface area contributed by atoms with Gasteiger partial charge < -0.3 is 19.5 Å². The number of rotatable bonds is 4. The zero-order valence-electron chi connectivity index (χ0n) is 22.8. The van der Waals surface area contributed by atoms with E-state index in [1.807, 2.05) is 52.2 Å². The van der Waals surface area contributed by atoms with Gasteiger partial charge in [-0.3, -0.25) is 0 Å². The largest absolute Gasteiger partial charge is 0.444 e. The zero-order valence-corrected chi connectivity index (χ0v) is 22.8. The highest BCUT2D eigenvalue weighted by Gasteiger charge is 2.26. The number of halogens is 2. The fourth-order valence-corrected chi connectivity index (χ4v) is 4.77. The maximum absolute atomic E-state index is 15.0. The van der Waals surface area contributed by atoms with Gasteiger partial charge in [-0.2, -0.15) is 0 Å². The van der Waals surface area contributed by atoms with E-state index in [-0.39, 0.29) is 34.9 Å². The minimum absolute atomic E-state index is 0.0339. The van der Waals surface area contributed by atoms with E-state index in [1.54, 1.807) is 17.0 Å². The number of hydrogen-bond acceptors (Lipinski definition) is 7. The molecule has 0 atom stereocenters. The molecule has 0 radical (unpaired) electrons. The zero-order chi connectivity index (χ0) is 28.1. The summed E-state index contributed by atoms with van der Waals surface area (Å²) in [5, 5.41) is 3.03. The first kappa shape index (κ1) is 26.5. The van der Waals surface area contributed by atoms with Crippen LogP contribution in [0, 0.1) is 18.6 Å². The van der Waals surface area contributed by atoms with Crippen molar-refractivity contribution in [3.8, 4) is 11.3 Å². The highest BCUT2D eigenvalue weighted by Crippen LogP contribution is 2.31. The number of hydrogen-bond donors (Lipinski definition) is 1. The van der Waals surface area contributed by atoms with Crippen LogP contribution >= 0.6 is 0 Å². The first-order chi connectivity index (χ1) is 18.4. The second-order valence-corrected chi connectivity index (χ2v) is 10.9. The van der Waals surface area contributed by atoms with Crippen LogP contribution in [0.15, 0.2) is 30.5 Å². The van der Waals surface area contributed by atoms with E-state index in [0.29, 0.717) is 36.7 Å². The highest BCUT2D eigenvalue weighted by molar-refractivity contribution is 5.83. The molecule has 0 saturated heterocycles. The van der Waals surface area contributed by atoms with Gasteiger partial charge in [0, 0.05) is 30.3 Å². The molecule has 5 rings (SSSR count). The van der Waals surface area contributed by atoms with Crippen molar-refractivity contribution in [1.82, 2.24) is 29.4 Å². The van der Waals surface area contributed by atoms with Crippen molar-refractivity contribution >= 4 is 28.9 Å². The summed E-state index contributed by atoms with van der Waals surface area (Å²) in [6.07, 6.45) is 1.25. The van der Waals surface area contributed by atoms with Crippen molar-refractivity contribution < 1.29 is 18.3 Å². The van der Waals surface area contributed by atoms with Gasteiger partial charge in [-0.15, -0.1) is 0 Å². The minimum atomic E-state index is -0.674. The molecule has 4 heterocycles. The molecule has 1 aliphatic rings. The third-order valence-corrected chi connectivity index (χ3v) is 6.40. The summed E-state index contributed by atoms with van der Waals surface area (Å²) in [4.78, 5) is 31.5. The lowest BCUT2D eigenvalue weighted by atomic mass is 10.1. The molecular weight excluding hydrogens is 504 g/mol. The predicted octanol–water partition coefficient (Wildman–Crippen LogP) is 6.09. The van der Waals surface area contributed by atoms with Gasteiger partial charge in [0.25, 0.3) is 0 Å². The van der Waals surface area contributed by atoms with Crippen LogP contribution < -0.4 is 5.32 Å². The number of amides is 1. The number of nitrogens with zero attached hydrogens (tertiary/aromatic N) is 6. The average Bonchev–Trinajstić information content (AvgIpc) is 3.20. The third kappa shape index (κ3) is 5.39. The Bertz CT molecular complexity index is 1580. The van der Waals surface area contributed by atoms with E-state index in [1.165, 1.54) is 6.07 Å². The molecule has 0 aliphatic carbocycles. The number of nitrogens with one attached hydrogen (secondary N) is 1. The smallest absolute Gasteiger partial charge is 0.410 e. The molecule has 1 N–H and O–H groups in total. The second kappa shape index (κ2) is 9.87. The van der Waals surface area contributed by atoms with E-state index >= 15 is 0 Å². The lowest BCUT2D eigenvalue weighted by molar-refractivity contribution is 0.0223. The summed E-state index contributed by atoms with van der Waals surface area (Å²) in [5.74, 6) is 0.0575. The molecule has 0 fully saturated rings. The normalized spacial score (nSPS) is 13.6. The third-order valence-electron chi connectivity index (χ3n) is 6.40. The Morgan fingerprint density at radius 3 is 2.59 bits per heavy atom. The van der Waals surface area contributed by atoms with E-state index in [4.69, 9.17) is 4.74 Å². The van der Waals surface area contributed by atoms with Crippen LogP contribution in [0.1, 0.15) is 57.7 Å². The molecular formula is C28H31F2N7O2. The summed E-state index contributed by atoms with van der Waals surface area (Å²) in [7, 11) is 0. The molecule has 1 amide bonds. The number of carbonyl (C=O) groups excluding carboxylic acids is 1. The van der Waals surface area contributed by atoms with Crippen LogP contribution in [-0.2, 0) is 17.7 Å². The quantitative estimate of drug-likeness (QED) is 0.338. The number of fused-ring (bicyclic) bond motifs is 2. The van der Waals surface area contributed by atoms with Gasteiger partial charge in [0.15, 0.2) is 11.6 Å². The van der Waals surface area contributed by atoms with Gasteiger partial charge in [-0.1, -0.05) is 6.07 Å². The number of aryl methyl sites for hydroxylation is 1. The van der Waals surface area contributed by atoms with Crippen LogP contribution in [0.2, 0.25) is 0 Å². The van der Waals surface area contributed by atoms with Crippen molar-refractivity contribution in [2.24, 2.45) is 0 Å². The number of benzene rings is 1. The molecule has 0 spiro atoms. The van der Waals surface area contributed by atoms with Crippen molar-refractivity contribution in [1.29, 1.82) is 0 Å². The lowest BCUT2D eigenvalue weighted by Crippen LogP contribution is -2.40. The van der Waals surface area contributed by atoms with E-state index < -0.39 is 17.2 Å². The van der Waals surface area contributed by atoms with E-state index in [9.17, 15) is 13.6 Å². The average molecular weight is 536 g/mol. The molecule has 0 bridgehead atoms. The minimum Gasteiger partial charge on any atom is -0.444 e. The SMILES string of the molecule is Cc1nc2c(F)cc(-c3nc(Nc4ccc5c(n4)CCN(C(=O)OC(C)(C)C)C5)ncc3F)cc2n1C(C)C. The summed E-state index contributed by atoms with van der Waals surface area (Å²) in [5.41, 5.74) is 2.25. The summed E-state index contributed by atoms with van der Waals surface area (Å²) in [6, 6.07) is 6.61. The molecule has 9 nitrogen and oxygen atoms in total. The fraction of sp³-hybridized carbons (Fsp3) is 0.393. The molecule has 11 heteroatoms. The molecule has 0 saturated carbocycles. The number of imidazole rings is 1. The molecule has 39 heavy (non-hydrogen) atoms. The number of aromatic nitrogens is 5. The predicted molar refractivity (Wildman–Crippen MR) is 144 cm³/mol. The van der Waals surface area contributed by atoms with Gasteiger partial charge in [0.05, 0.1) is 18.3 Å². The van der Waals surface area contributed by atoms with E-state index in [2.05, 4.69) is 25.3 Å². The lowest BCUT2D eigenvalue weighted by Gasteiger charge is -2.30. The summed E-state index contributed by atoms with van der Waals surface area (Å²) >= 11 is 0. The molecule has 4 aromatic rings. The standard InChI is InChI=1S/C28H31F2N7O2/c1-15(2)37-16(3)32-25-19(29)11-18(12-22(25)37)24-20(30)13-31-26(35-24)34-23-8-7-17-14-36(10-9-21(17)33-23)27(38)39-28(4,5)6/h7-8,11-13,15H,9-10,14H2,1-6H3,(H,31,33,34,35). The van der Waals surface area contributed by atoms with Crippen LogP contribution in [0.4, 0.5) is 25.3 Å². The van der Waals surface area contributed by atoms with Crippen LogP contribution in [-0.4, -0.2) is 47.6 Å². The Balaban J connectivity index is 1.40. The van der Waals surface area contributed by atoms with Crippen LogP contribution in [0.3, 0.4) is 0 Å². The topological polar surface area (TPSA) is 98.1 Å². The highest BCUT2D eigenvalue weighted by atomic mass is 19.1. The Morgan fingerprint density at radius 1 is 1.10 bits per heavy atom.